The topological polar surface area (TPSA) is 56.9 Å². The molecule has 0 radical (unpaired) electrons. The highest BCUT2D eigenvalue weighted by Gasteiger charge is 2.43. The minimum atomic E-state index is -2.97. The van der Waals surface area contributed by atoms with Gasteiger partial charge in [0.15, 0.2) is 8.07 Å². The fourth-order valence-corrected chi connectivity index (χ4v) is 12.4. The molecule has 0 saturated heterocycles. The average molecular weight is 653 g/mol. The molecule has 8 aromatic rings. The van der Waals surface area contributed by atoms with Crippen LogP contribution in [0.2, 0.25) is 0 Å². The zero-order chi connectivity index (χ0) is 34.1. The molecule has 0 atom stereocenters. The highest BCUT2D eigenvalue weighted by molar-refractivity contribution is 7.20. The number of fused-ring (bicyclic) bond motifs is 3. The van der Waals surface area contributed by atoms with Crippen molar-refractivity contribution in [3.63, 3.8) is 0 Å². The van der Waals surface area contributed by atoms with E-state index >= 15 is 0 Å². The molecule has 1 aromatic heterocycles. The van der Waals surface area contributed by atoms with Crippen molar-refractivity contribution < 1.29 is 0 Å². The predicted molar refractivity (Wildman–Crippen MR) is 206 cm³/mol. The highest BCUT2D eigenvalue weighted by atomic mass is 28.3. The number of benzene rings is 7. The second kappa shape index (κ2) is 12.6. The first-order valence-corrected chi connectivity index (χ1v) is 18.3. The van der Waals surface area contributed by atoms with E-state index in [-0.39, 0.29) is 0 Å². The van der Waals surface area contributed by atoms with E-state index in [1.54, 1.807) is 0 Å². The maximum Gasteiger partial charge on any atom is 0.210 e. The quantitative estimate of drug-likeness (QED) is 0.104. The molecule has 0 amide bonds. The predicted octanol–water partition coefficient (Wildman–Crippen LogP) is 8.12. The Morgan fingerprint density at radius 2 is 1.06 bits per heavy atom. The first-order chi connectivity index (χ1) is 24.7. The summed E-state index contributed by atoms with van der Waals surface area (Å²) in [5, 5.41) is 26.7. The van der Waals surface area contributed by atoms with Gasteiger partial charge in [0.25, 0.3) is 0 Å². The molecular weight excluding hydrogens is 625 g/mol. The second-order valence-electron chi connectivity index (χ2n) is 12.2. The summed E-state index contributed by atoms with van der Waals surface area (Å²) < 4.78 is 2.13. The third-order valence-corrected chi connectivity index (χ3v) is 14.5. The van der Waals surface area contributed by atoms with Crippen molar-refractivity contribution in [2.45, 2.75) is 0 Å². The second-order valence-corrected chi connectivity index (χ2v) is 16.0. The van der Waals surface area contributed by atoms with Gasteiger partial charge in [-0.25, -0.2) is 4.85 Å². The van der Waals surface area contributed by atoms with E-state index in [0.29, 0.717) is 16.8 Å². The molecule has 7 aromatic carbocycles. The maximum absolute atomic E-state index is 10.2. The van der Waals surface area contributed by atoms with Gasteiger partial charge in [-0.3, -0.25) is 0 Å². The van der Waals surface area contributed by atoms with Gasteiger partial charge in [0.1, 0.15) is 0 Å². The van der Waals surface area contributed by atoms with Crippen LogP contribution in [0.25, 0.3) is 43.5 Å². The van der Waals surface area contributed by atoms with E-state index in [1.807, 2.05) is 54.6 Å². The lowest BCUT2D eigenvalue weighted by atomic mass is 10.0. The Labute approximate surface area is 291 Å². The summed E-state index contributed by atoms with van der Waals surface area (Å²) in [7, 11) is -2.97. The Morgan fingerprint density at radius 3 is 1.66 bits per heavy atom. The van der Waals surface area contributed by atoms with E-state index in [1.165, 1.54) is 15.6 Å². The summed E-state index contributed by atoms with van der Waals surface area (Å²) in [4.78, 5) is 3.99. The zero-order valence-corrected chi connectivity index (χ0v) is 28.0. The Balaban J connectivity index is 1.48. The summed E-state index contributed by atoms with van der Waals surface area (Å²) in [5.41, 5.74) is 6.15. The molecule has 1 heterocycles. The molecule has 50 heavy (non-hydrogen) atoms. The number of nitrogens with zero attached hydrogens (tertiary/aromatic N) is 4. The zero-order valence-electron chi connectivity index (χ0n) is 27.0. The molecule has 5 heteroatoms. The Morgan fingerprint density at radius 1 is 0.520 bits per heavy atom. The average Bonchev–Trinajstić information content (AvgIpc) is 3.52. The number of para-hydroxylation sites is 1. The maximum atomic E-state index is 10.2. The van der Waals surface area contributed by atoms with Crippen LogP contribution in [-0.2, 0) is 0 Å². The molecule has 0 aliphatic carbocycles. The van der Waals surface area contributed by atoms with Crippen LogP contribution in [0.15, 0.2) is 170 Å². The van der Waals surface area contributed by atoms with E-state index < -0.39 is 8.07 Å². The molecule has 0 spiro atoms. The normalized spacial score (nSPS) is 11.1. The lowest BCUT2D eigenvalue weighted by Crippen LogP contribution is -2.75. The van der Waals surface area contributed by atoms with Crippen LogP contribution < -0.4 is 20.7 Å². The van der Waals surface area contributed by atoms with Gasteiger partial charge >= 0.3 is 0 Å². The smallest absolute Gasteiger partial charge is 0.210 e. The van der Waals surface area contributed by atoms with Crippen LogP contribution >= 0.6 is 0 Å². The summed E-state index contributed by atoms with van der Waals surface area (Å²) in [6, 6.07) is 62.8. The van der Waals surface area contributed by atoms with Crippen LogP contribution in [-0.4, -0.2) is 12.6 Å². The molecule has 232 valence electrons. The summed E-state index contributed by atoms with van der Waals surface area (Å²) in [6.45, 7) is 8.22. The molecule has 0 aliphatic rings. The van der Waals surface area contributed by atoms with Crippen LogP contribution in [0.1, 0.15) is 11.1 Å². The number of aromatic nitrogens is 1. The molecular formula is C45H28N4Si. The standard InChI is InChI=1S/C45H28N4Si/c1-48-41-24-23-34(29-44(41)49-42-20-12-11-19-38(42)40-28-32(30-46)21-25-43(40)49)39-27-33(31-47)22-26-45(39)50(35-13-5-2-6-14-35,36-15-7-3-8-16-36)37-17-9-4-10-18-37/h2-29H. The van der Waals surface area contributed by atoms with Gasteiger partial charge in [-0.1, -0.05) is 127 Å². The summed E-state index contributed by atoms with van der Waals surface area (Å²) in [6.07, 6.45) is 0. The summed E-state index contributed by atoms with van der Waals surface area (Å²) >= 11 is 0. The number of nitriles is 2. The number of rotatable bonds is 6. The molecule has 0 aliphatic heterocycles. The van der Waals surface area contributed by atoms with Crippen LogP contribution in [0.5, 0.6) is 0 Å². The van der Waals surface area contributed by atoms with Crippen molar-refractivity contribution >= 4 is 56.3 Å². The largest absolute Gasteiger partial charge is 0.319 e. The molecule has 0 N–H and O–H groups in total. The van der Waals surface area contributed by atoms with Crippen LogP contribution in [0.3, 0.4) is 0 Å². The van der Waals surface area contributed by atoms with Gasteiger partial charge in [-0.05, 0) is 74.3 Å². The third-order valence-electron chi connectivity index (χ3n) is 9.62. The van der Waals surface area contributed by atoms with Crippen LogP contribution in [0, 0.1) is 29.2 Å². The first-order valence-electron chi connectivity index (χ1n) is 16.3. The van der Waals surface area contributed by atoms with Gasteiger partial charge < -0.3 is 4.57 Å². The first kappa shape index (κ1) is 30.4. The van der Waals surface area contributed by atoms with Crippen molar-refractivity contribution in [1.29, 1.82) is 10.5 Å². The van der Waals surface area contributed by atoms with E-state index in [0.717, 1.165) is 43.8 Å². The minimum absolute atomic E-state index is 0.511. The Hall–Kier alpha value is -6.97. The van der Waals surface area contributed by atoms with Gasteiger partial charge in [0.2, 0.25) is 5.69 Å². The van der Waals surface area contributed by atoms with E-state index in [9.17, 15) is 10.5 Å². The van der Waals surface area contributed by atoms with Crippen molar-refractivity contribution in [2.75, 3.05) is 0 Å². The van der Waals surface area contributed by atoms with Crippen molar-refractivity contribution in [2.24, 2.45) is 0 Å². The fourth-order valence-electron chi connectivity index (χ4n) is 7.48. The van der Waals surface area contributed by atoms with Gasteiger partial charge in [-0.2, -0.15) is 10.5 Å². The fraction of sp³-hybridized carbons (Fsp3) is 0. The molecule has 4 nitrogen and oxygen atoms in total. The highest BCUT2D eigenvalue weighted by Crippen LogP contribution is 2.38. The third kappa shape index (κ3) is 4.80. The van der Waals surface area contributed by atoms with Crippen molar-refractivity contribution in [1.82, 2.24) is 4.57 Å². The molecule has 0 bridgehead atoms. The lowest BCUT2D eigenvalue weighted by Gasteiger charge is -2.36. The molecule has 8 rings (SSSR count). The molecule has 0 fully saturated rings. The van der Waals surface area contributed by atoms with Crippen LogP contribution in [0.4, 0.5) is 5.69 Å². The van der Waals surface area contributed by atoms with Gasteiger partial charge in [0, 0.05) is 10.8 Å². The summed E-state index contributed by atoms with van der Waals surface area (Å²) in [5.74, 6) is 0. The van der Waals surface area contributed by atoms with Gasteiger partial charge in [-0.15, -0.1) is 0 Å². The van der Waals surface area contributed by atoms with Crippen molar-refractivity contribution in [3.05, 3.63) is 192 Å². The van der Waals surface area contributed by atoms with E-state index in [2.05, 4.69) is 137 Å². The lowest BCUT2D eigenvalue weighted by molar-refractivity contribution is 1.19. The minimum Gasteiger partial charge on any atom is -0.319 e. The van der Waals surface area contributed by atoms with Crippen molar-refractivity contribution in [3.8, 4) is 29.0 Å². The Kier molecular flexibility index (Phi) is 7.63. The monoisotopic (exact) mass is 652 g/mol. The van der Waals surface area contributed by atoms with Gasteiger partial charge in [0.05, 0.1) is 46.6 Å². The van der Waals surface area contributed by atoms with E-state index in [4.69, 9.17) is 6.57 Å². The number of hydrogen-bond acceptors (Lipinski definition) is 2. The molecule has 0 saturated carbocycles. The number of hydrogen-bond donors (Lipinski definition) is 0. The SMILES string of the molecule is [C-]#[N+]c1ccc(-c2cc(C#N)ccc2[Si](c2ccccc2)(c2ccccc2)c2ccccc2)cc1-n1c2ccccc2c2cc(C#N)ccc21. The molecule has 0 unspecified atom stereocenters. The Bertz CT molecular complexity index is 2580.